The van der Waals surface area contributed by atoms with E-state index < -0.39 is 17.6 Å². The van der Waals surface area contributed by atoms with E-state index in [9.17, 15) is 15.2 Å². The second-order valence-electron chi connectivity index (χ2n) is 2.93. The molecule has 5 nitrogen and oxygen atoms in total. The van der Waals surface area contributed by atoms with Crippen molar-refractivity contribution in [2.24, 2.45) is 5.73 Å². The van der Waals surface area contributed by atoms with Crippen LogP contribution in [-0.2, 0) is 6.54 Å². The highest BCUT2D eigenvalue weighted by atomic mass is 16.6. The molecule has 0 spiro atoms. The Morgan fingerprint density at radius 1 is 1.50 bits per heavy atom. The van der Waals surface area contributed by atoms with E-state index in [2.05, 4.69) is 0 Å². The first-order chi connectivity index (χ1) is 6.65. The topological polar surface area (TPSA) is 89.4 Å². The van der Waals surface area contributed by atoms with Crippen LogP contribution in [0.25, 0.3) is 0 Å². The molecule has 0 unspecified atom stereocenters. The Labute approximate surface area is 81.3 Å². The van der Waals surface area contributed by atoms with Gasteiger partial charge in [0.2, 0.25) is 6.54 Å². The van der Waals surface area contributed by atoms with E-state index in [1.165, 1.54) is 0 Å². The summed E-state index contributed by atoms with van der Waals surface area (Å²) in [5.41, 5.74) is 6.71. The van der Waals surface area contributed by atoms with Crippen LogP contribution in [0.3, 0.4) is 0 Å². The van der Waals surface area contributed by atoms with Crippen LogP contribution in [0.1, 0.15) is 17.2 Å². The first-order valence-corrected chi connectivity index (χ1v) is 4.23. The molecule has 0 amide bonds. The van der Waals surface area contributed by atoms with Crippen molar-refractivity contribution in [3.8, 4) is 0 Å². The van der Waals surface area contributed by atoms with Crippen LogP contribution in [0, 0.1) is 10.1 Å². The minimum absolute atomic E-state index is 0.269. The van der Waals surface area contributed by atoms with Gasteiger partial charge in [0.15, 0.2) is 0 Å². The molecule has 0 radical (unpaired) electrons. The summed E-state index contributed by atoms with van der Waals surface area (Å²) >= 11 is 0. The van der Waals surface area contributed by atoms with Crippen molar-refractivity contribution < 1.29 is 10.0 Å². The predicted octanol–water partition coefficient (Wildman–Crippen LogP) is 0.455. The van der Waals surface area contributed by atoms with Crippen molar-refractivity contribution in [3.05, 3.63) is 45.5 Å². The number of nitrogens with zero attached hydrogens (tertiary/aromatic N) is 1. The van der Waals surface area contributed by atoms with Crippen molar-refractivity contribution in [2.45, 2.75) is 12.6 Å². The molecular weight excluding hydrogens is 184 g/mol. The first-order valence-electron chi connectivity index (χ1n) is 4.23. The van der Waals surface area contributed by atoms with Crippen LogP contribution in [0.5, 0.6) is 0 Å². The predicted molar refractivity (Wildman–Crippen MR) is 51.2 cm³/mol. The van der Waals surface area contributed by atoms with Gasteiger partial charge in [0, 0.05) is 11.5 Å². The Bertz CT molecular complexity index is 328. The molecule has 1 aromatic rings. The zero-order valence-electron chi connectivity index (χ0n) is 7.59. The molecule has 3 N–H and O–H groups in total. The molecule has 76 valence electrons. The van der Waals surface area contributed by atoms with Gasteiger partial charge in [-0.1, -0.05) is 24.3 Å². The van der Waals surface area contributed by atoms with Crippen LogP contribution >= 0.6 is 0 Å². The molecule has 1 atom stereocenters. The molecule has 0 fully saturated rings. The van der Waals surface area contributed by atoms with Gasteiger partial charge in [-0.2, -0.15) is 0 Å². The number of hydrogen-bond acceptors (Lipinski definition) is 4. The molecule has 0 aromatic heterocycles. The maximum absolute atomic E-state index is 10.2. The van der Waals surface area contributed by atoms with E-state index >= 15 is 0 Å². The third kappa shape index (κ3) is 2.51. The molecule has 1 rings (SSSR count). The van der Waals surface area contributed by atoms with E-state index in [1.54, 1.807) is 24.3 Å². The van der Waals surface area contributed by atoms with Crippen LogP contribution in [0.15, 0.2) is 24.3 Å². The maximum atomic E-state index is 10.2. The number of aliphatic hydroxyl groups excluding tert-OH is 1. The van der Waals surface area contributed by atoms with Gasteiger partial charge >= 0.3 is 0 Å². The molecular formula is C9H12N2O3. The summed E-state index contributed by atoms with van der Waals surface area (Å²) in [6.07, 6.45) is -1.08. The van der Waals surface area contributed by atoms with Gasteiger partial charge < -0.3 is 10.8 Å². The average molecular weight is 196 g/mol. The third-order valence-corrected chi connectivity index (χ3v) is 1.96. The molecule has 0 saturated heterocycles. The van der Waals surface area contributed by atoms with Gasteiger partial charge in [0.1, 0.15) is 6.10 Å². The number of rotatable bonds is 4. The SMILES string of the molecule is NCc1ccccc1[C@H](O)C[N+](=O)[O-]. The summed E-state index contributed by atoms with van der Waals surface area (Å²) in [6.45, 7) is -0.220. The minimum Gasteiger partial charge on any atom is -0.382 e. The molecule has 0 aliphatic heterocycles. The molecule has 0 bridgehead atoms. The smallest absolute Gasteiger partial charge is 0.233 e. The zero-order chi connectivity index (χ0) is 10.6. The maximum Gasteiger partial charge on any atom is 0.233 e. The molecule has 14 heavy (non-hydrogen) atoms. The summed E-state index contributed by atoms with van der Waals surface area (Å²) in [4.78, 5) is 9.65. The lowest BCUT2D eigenvalue weighted by molar-refractivity contribution is -0.491. The lowest BCUT2D eigenvalue weighted by Crippen LogP contribution is -2.14. The molecule has 1 aromatic carbocycles. The van der Waals surface area contributed by atoms with Crippen molar-refractivity contribution in [1.29, 1.82) is 0 Å². The lowest BCUT2D eigenvalue weighted by atomic mass is 10.0. The molecule has 0 heterocycles. The van der Waals surface area contributed by atoms with Gasteiger partial charge in [0.25, 0.3) is 0 Å². The Balaban J connectivity index is 2.87. The Morgan fingerprint density at radius 2 is 2.14 bits per heavy atom. The number of nitrogens with two attached hydrogens (primary N) is 1. The second kappa shape index (κ2) is 4.69. The van der Waals surface area contributed by atoms with Gasteiger partial charge in [-0.05, 0) is 11.1 Å². The quantitative estimate of drug-likeness (QED) is 0.540. The average Bonchev–Trinajstić information content (AvgIpc) is 2.16. The Hall–Kier alpha value is -1.46. The van der Waals surface area contributed by atoms with Gasteiger partial charge in [-0.25, -0.2) is 0 Å². The molecule has 5 heteroatoms. The first kappa shape index (κ1) is 10.6. The summed E-state index contributed by atoms with van der Waals surface area (Å²) in [5.74, 6) is 0. The van der Waals surface area contributed by atoms with Crippen molar-refractivity contribution in [1.82, 2.24) is 0 Å². The summed E-state index contributed by atoms with van der Waals surface area (Å²) < 4.78 is 0. The van der Waals surface area contributed by atoms with Crippen molar-refractivity contribution >= 4 is 0 Å². The van der Waals surface area contributed by atoms with Crippen LogP contribution in [0.4, 0.5) is 0 Å². The largest absolute Gasteiger partial charge is 0.382 e. The third-order valence-electron chi connectivity index (χ3n) is 1.96. The van der Waals surface area contributed by atoms with Gasteiger partial charge in [-0.3, -0.25) is 10.1 Å². The number of benzene rings is 1. The molecule has 0 aliphatic rings. The number of aliphatic hydroxyl groups is 1. The minimum atomic E-state index is -1.08. The van der Waals surface area contributed by atoms with E-state index in [-0.39, 0.29) is 6.54 Å². The molecule has 0 aliphatic carbocycles. The summed E-state index contributed by atoms with van der Waals surface area (Å²) in [7, 11) is 0. The van der Waals surface area contributed by atoms with E-state index in [0.29, 0.717) is 5.56 Å². The van der Waals surface area contributed by atoms with Crippen LogP contribution in [-0.4, -0.2) is 16.6 Å². The fourth-order valence-corrected chi connectivity index (χ4v) is 1.28. The van der Waals surface area contributed by atoms with E-state index in [1.807, 2.05) is 0 Å². The van der Waals surface area contributed by atoms with Crippen molar-refractivity contribution in [3.63, 3.8) is 0 Å². The number of nitro groups is 1. The van der Waals surface area contributed by atoms with Crippen LogP contribution in [0.2, 0.25) is 0 Å². The van der Waals surface area contributed by atoms with Gasteiger partial charge in [-0.15, -0.1) is 0 Å². The highest BCUT2D eigenvalue weighted by molar-refractivity contribution is 5.28. The monoisotopic (exact) mass is 196 g/mol. The summed E-state index contributed by atoms with van der Waals surface area (Å²) in [6, 6.07) is 6.90. The highest BCUT2D eigenvalue weighted by Gasteiger charge is 2.16. The second-order valence-corrected chi connectivity index (χ2v) is 2.93. The normalized spacial score (nSPS) is 12.4. The fraction of sp³-hybridized carbons (Fsp3) is 0.333. The number of hydrogen-bond donors (Lipinski definition) is 2. The summed E-state index contributed by atoms with van der Waals surface area (Å²) in [5, 5.41) is 19.7. The lowest BCUT2D eigenvalue weighted by Gasteiger charge is -2.10. The fourth-order valence-electron chi connectivity index (χ4n) is 1.28. The highest BCUT2D eigenvalue weighted by Crippen LogP contribution is 2.17. The van der Waals surface area contributed by atoms with Gasteiger partial charge in [0.05, 0.1) is 0 Å². The van der Waals surface area contributed by atoms with Crippen molar-refractivity contribution in [2.75, 3.05) is 6.54 Å². The zero-order valence-corrected chi connectivity index (χ0v) is 7.59. The van der Waals surface area contributed by atoms with E-state index in [4.69, 9.17) is 5.73 Å². The van der Waals surface area contributed by atoms with E-state index in [0.717, 1.165) is 5.56 Å². The Morgan fingerprint density at radius 3 is 2.71 bits per heavy atom. The van der Waals surface area contributed by atoms with Crippen LogP contribution < -0.4 is 5.73 Å². The standard InChI is InChI=1S/C9H12N2O3/c10-5-7-3-1-2-4-8(7)9(12)6-11(13)14/h1-4,9,12H,5-6,10H2/t9-/m1/s1. The Kier molecular flexibility index (Phi) is 3.55. The molecule has 0 saturated carbocycles.